The molecule has 0 amide bonds. The van der Waals surface area contributed by atoms with Crippen LogP contribution in [0.1, 0.15) is 181 Å². The zero-order chi connectivity index (χ0) is 34.7. The largest absolute Gasteiger partial charge is 0.369 e. The number of aromatic nitrogens is 1. The molecule has 3 rings (SSSR count). The molecule has 0 spiro atoms. The van der Waals surface area contributed by atoms with E-state index in [0.29, 0.717) is 0 Å². The van der Waals surface area contributed by atoms with Crippen molar-refractivity contribution < 1.29 is 9.47 Å². The smallest absolute Gasteiger partial charge is 0.169 e. The summed E-state index contributed by atoms with van der Waals surface area (Å²) in [7, 11) is 0. The first-order valence-electron chi connectivity index (χ1n) is 21.1. The fourth-order valence-electron chi connectivity index (χ4n) is 7.55. The maximum Gasteiger partial charge on any atom is 0.169 e. The Kier molecular flexibility index (Phi) is 22.7. The number of allylic oxidation sites excluding steroid dienone is 6. The van der Waals surface area contributed by atoms with E-state index in [9.17, 15) is 0 Å². The number of rotatable bonds is 29. The Morgan fingerprint density at radius 3 is 1.90 bits per heavy atom. The van der Waals surface area contributed by atoms with E-state index in [1.165, 1.54) is 141 Å². The van der Waals surface area contributed by atoms with Crippen LogP contribution in [0.25, 0.3) is 0 Å². The molecule has 2 aliphatic rings. The molecule has 2 aliphatic heterocycles. The minimum absolute atomic E-state index is 0.172. The van der Waals surface area contributed by atoms with Crippen molar-refractivity contribution in [1.82, 2.24) is 4.98 Å². The van der Waals surface area contributed by atoms with Gasteiger partial charge < -0.3 is 14.4 Å². The fraction of sp³-hybridized carbons (Fsp3) is 0.756. The SMILES string of the molecule is CCCC/C=C/C/C=C\CCCCCCCCC1(CCCCCCCCC(C)C/C=C/CCCC)OC2CCN(c3ccncc3)CC2O1. The van der Waals surface area contributed by atoms with E-state index >= 15 is 0 Å². The molecule has 3 heterocycles. The van der Waals surface area contributed by atoms with Crippen molar-refractivity contribution in [1.29, 1.82) is 0 Å². The Hall–Kier alpha value is -1.91. The zero-order valence-electron chi connectivity index (χ0n) is 32.3. The fourth-order valence-corrected chi connectivity index (χ4v) is 7.55. The molecule has 2 saturated heterocycles. The third-order valence-corrected chi connectivity index (χ3v) is 10.7. The quantitative estimate of drug-likeness (QED) is 0.0625. The number of pyridine rings is 1. The van der Waals surface area contributed by atoms with E-state index in [1.54, 1.807) is 0 Å². The highest BCUT2D eigenvalue weighted by Gasteiger charge is 2.48. The lowest BCUT2D eigenvalue weighted by atomic mass is 9.97. The van der Waals surface area contributed by atoms with Crippen LogP contribution < -0.4 is 4.90 Å². The number of piperidine rings is 1. The number of hydrogen-bond acceptors (Lipinski definition) is 4. The third kappa shape index (κ3) is 18.2. The van der Waals surface area contributed by atoms with Crippen molar-refractivity contribution >= 4 is 5.69 Å². The van der Waals surface area contributed by atoms with Crippen LogP contribution in [0, 0.1) is 5.92 Å². The summed E-state index contributed by atoms with van der Waals surface area (Å²) in [5.41, 5.74) is 1.25. The van der Waals surface area contributed by atoms with Gasteiger partial charge in [-0.05, 0) is 75.8 Å². The molecule has 1 aromatic rings. The van der Waals surface area contributed by atoms with Gasteiger partial charge in [-0.3, -0.25) is 4.98 Å². The van der Waals surface area contributed by atoms with Gasteiger partial charge in [0.05, 0.1) is 6.10 Å². The molecular formula is C45H76N2O2. The van der Waals surface area contributed by atoms with Gasteiger partial charge in [0.1, 0.15) is 6.10 Å². The molecular weight excluding hydrogens is 601 g/mol. The molecule has 0 N–H and O–H groups in total. The molecule has 0 bridgehead atoms. The van der Waals surface area contributed by atoms with Gasteiger partial charge in [-0.25, -0.2) is 0 Å². The van der Waals surface area contributed by atoms with Gasteiger partial charge in [0.25, 0.3) is 0 Å². The summed E-state index contributed by atoms with van der Waals surface area (Å²) in [5, 5.41) is 0. The summed E-state index contributed by atoms with van der Waals surface area (Å²) in [5.74, 6) is 0.446. The van der Waals surface area contributed by atoms with E-state index in [2.05, 4.69) is 79.2 Å². The molecule has 0 aromatic carbocycles. The number of nitrogens with zero attached hydrogens (tertiary/aromatic N) is 2. The van der Waals surface area contributed by atoms with Gasteiger partial charge in [0.2, 0.25) is 0 Å². The first-order valence-corrected chi connectivity index (χ1v) is 21.1. The van der Waals surface area contributed by atoms with Crippen LogP contribution in [0.3, 0.4) is 0 Å². The monoisotopic (exact) mass is 677 g/mol. The van der Waals surface area contributed by atoms with Gasteiger partial charge in [0, 0.05) is 44.0 Å². The molecule has 4 nitrogen and oxygen atoms in total. The summed E-state index contributed by atoms with van der Waals surface area (Å²) < 4.78 is 13.9. The lowest BCUT2D eigenvalue weighted by Gasteiger charge is -2.34. The van der Waals surface area contributed by atoms with Crippen molar-refractivity contribution in [2.24, 2.45) is 5.92 Å². The van der Waals surface area contributed by atoms with Crippen LogP contribution in [0.2, 0.25) is 0 Å². The first kappa shape index (κ1) is 41.5. The molecule has 4 heteroatoms. The lowest BCUT2D eigenvalue weighted by molar-refractivity contribution is -0.185. The second-order valence-electron chi connectivity index (χ2n) is 15.3. The van der Waals surface area contributed by atoms with Gasteiger partial charge in [-0.2, -0.15) is 0 Å². The van der Waals surface area contributed by atoms with Crippen molar-refractivity contribution in [3.63, 3.8) is 0 Å². The van der Waals surface area contributed by atoms with Crippen molar-refractivity contribution in [3.05, 3.63) is 61.0 Å². The lowest BCUT2D eigenvalue weighted by Crippen LogP contribution is -2.45. The number of ether oxygens (including phenoxy) is 2. The highest BCUT2D eigenvalue weighted by molar-refractivity contribution is 5.45. The average molecular weight is 677 g/mol. The predicted molar refractivity (Wildman–Crippen MR) is 212 cm³/mol. The second kappa shape index (κ2) is 26.8. The van der Waals surface area contributed by atoms with Crippen LogP contribution in [-0.2, 0) is 9.47 Å². The Bertz CT molecular complexity index is 1010. The molecule has 1 aromatic heterocycles. The Morgan fingerprint density at radius 1 is 0.694 bits per heavy atom. The standard InChI is InChI=1S/C45H76N2O2/c1-4-6-8-10-11-12-13-14-15-16-17-18-20-24-28-35-45(36-29-25-21-19-23-27-31-41(3)30-26-22-9-7-5-2)48-43-34-39-47(40-44(43)49-45)42-32-37-46-38-33-42/h10-11,13-14,22,26,32-33,37-38,41,43-44H,4-9,12,15-21,23-25,27-31,34-36,39-40H2,1-3H3/b11-10+,14-13-,26-22+. The maximum absolute atomic E-state index is 6.95. The number of hydrogen-bond donors (Lipinski definition) is 0. The summed E-state index contributed by atoms with van der Waals surface area (Å²) in [6, 6.07) is 4.25. The highest BCUT2D eigenvalue weighted by atomic mass is 16.8. The van der Waals surface area contributed by atoms with Crippen LogP contribution in [0.4, 0.5) is 5.69 Å². The minimum Gasteiger partial charge on any atom is -0.369 e. The predicted octanol–water partition coefficient (Wildman–Crippen LogP) is 13.5. The molecule has 0 saturated carbocycles. The Morgan fingerprint density at radius 2 is 1.24 bits per heavy atom. The van der Waals surface area contributed by atoms with Gasteiger partial charge >= 0.3 is 0 Å². The van der Waals surface area contributed by atoms with Crippen LogP contribution >= 0.6 is 0 Å². The van der Waals surface area contributed by atoms with Crippen molar-refractivity contribution in [2.75, 3.05) is 18.0 Å². The molecule has 0 aliphatic carbocycles. The maximum atomic E-state index is 6.95. The summed E-state index contributed by atoms with van der Waals surface area (Å²) in [4.78, 5) is 6.69. The topological polar surface area (TPSA) is 34.6 Å². The normalized spacial score (nSPS) is 21.8. The van der Waals surface area contributed by atoms with Crippen molar-refractivity contribution in [3.8, 4) is 0 Å². The Balaban J connectivity index is 1.33. The molecule has 278 valence electrons. The van der Waals surface area contributed by atoms with Crippen LogP contribution in [0.15, 0.2) is 61.0 Å². The Labute approximate surface area is 303 Å². The first-order chi connectivity index (χ1) is 24.2. The second-order valence-corrected chi connectivity index (χ2v) is 15.3. The molecule has 49 heavy (non-hydrogen) atoms. The zero-order valence-corrected chi connectivity index (χ0v) is 32.3. The van der Waals surface area contributed by atoms with E-state index in [0.717, 1.165) is 44.7 Å². The summed E-state index contributed by atoms with van der Waals surface area (Å²) >= 11 is 0. The van der Waals surface area contributed by atoms with Crippen molar-refractivity contribution in [2.45, 2.75) is 199 Å². The number of unbranched alkanes of at least 4 members (excludes halogenated alkanes) is 15. The summed E-state index contributed by atoms with van der Waals surface area (Å²) in [6.07, 6.45) is 50.0. The van der Waals surface area contributed by atoms with Crippen LogP contribution in [-0.4, -0.2) is 36.1 Å². The third-order valence-electron chi connectivity index (χ3n) is 10.7. The molecule has 2 fully saturated rings. The average Bonchev–Trinajstić information content (AvgIpc) is 3.49. The van der Waals surface area contributed by atoms with E-state index in [-0.39, 0.29) is 18.0 Å². The van der Waals surface area contributed by atoms with Gasteiger partial charge in [-0.1, -0.05) is 147 Å². The van der Waals surface area contributed by atoms with Gasteiger partial charge in [0.15, 0.2) is 5.79 Å². The molecule has 0 radical (unpaired) electrons. The molecule has 4 atom stereocenters. The minimum atomic E-state index is -0.376. The molecule has 4 unspecified atom stereocenters. The van der Waals surface area contributed by atoms with E-state index in [4.69, 9.17) is 9.47 Å². The van der Waals surface area contributed by atoms with E-state index in [1.807, 2.05) is 12.4 Å². The van der Waals surface area contributed by atoms with Gasteiger partial charge in [-0.15, -0.1) is 0 Å². The number of anilines is 1. The number of fused-ring (bicyclic) bond motifs is 1. The van der Waals surface area contributed by atoms with E-state index < -0.39 is 0 Å². The summed E-state index contributed by atoms with van der Waals surface area (Å²) in [6.45, 7) is 8.91. The van der Waals surface area contributed by atoms with Crippen LogP contribution in [0.5, 0.6) is 0 Å². The highest BCUT2D eigenvalue weighted by Crippen LogP contribution is 2.41.